The summed E-state index contributed by atoms with van der Waals surface area (Å²) in [5.74, 6) is -0.107. The third-order valence-electron chi connectivity index (χ3n) is 3.97. The van der Waals surface area contributed by atoms with E-state index in [1.54, 1.807) is 30.1 Å². The lowest BCUT2D eigenvalue weighted by molar-refractivity contribution is 0.0726. The molecule has 1 aromatic heterocycles. The second-order valence-corrected chi connectivity index (χ2v) is 5.42. The van der Waals surface area contributed by atoms with Gasteiger partial charge in [-0.3, -0.25) is 9.36 Å². The molecule has 6 heteroatoms. The lowest BCUT2D eigenvalue weighted by Gasteiger charge is -2.21. The van der Waals surface area contributed by atoms with Gasteiger partial charge in [-0.25, -0.2) is 4.79 Å². The molecule has 0 spiro atoms. The van der Waals surface area contributed by atoms with Crippen LogP contribution in [0, 0.1) is 0 Å². The maximum atomic E-state index is 12.5. The number of benzene rings is 1. The van der Waals surface area contributed by atoms with E-state index in [2.05, 4.69) is 4.98 Å². The predicted octanol–water partition coefficient (Wildman–Crippen LogP) is 0.462. The van der Waals surface area contributed by atoms with Gasteiger partial charge in [0.2, 0.25) is 0 Å². The second-order valence-electron chi connectivity index (χ2n) is 5.42. The van der Waals surface area contributed by atoms with Gasteiger partial charge >= 0.3 is 5.69 Å². The van der Waals surface area contributed by atoms with Gasteiger partial charge in [-0.05, 0) is 31.5 Å². The smallest absolute Gasteiger partial charge is 0.326 e. The van der Waals surface area contributed by atoms with Crippen LogP contribution in [0.1, 0.15) is 23.7 Å². The van der Waals surface area contributed by atoms with Crippen LogP contribution in [0.2, 0.25) is 0 Å². The van der Waals surface area contributed by atoms with E-state index in [9.17, 15) is 14.7 Å². The molecule has 2 atom stereocenters. The Bertz CT molecular complexity index is 731. The van der Waals surface area contributed by atoms with E-state index in [4.69, 9.17) is 0 Å². The number of hydrogen-bond acceptors (Lipinski definition) is 3. The van der Waals surface area contributed by atoms with Crippen LogP contribution in [0.15, 0.2) is 23.0 Å². The van der Waals surface area contributed by atoms with Crippen LogP contribution < -0.4 is 5.69 Å². The molecular weight excluding hydrogens is 258 g/mol. The average molecular weight is 275 g/mol. The molecule has 2 aromatic rings. The number of likely N-dealkylation sites (tertiary alicyclic amines) is 1. The van der Waals surface area contributed by atoms with Crippen molar-refractivity contribution < 1.29 is 9.90 Å². The van der Waals surface area contributed by atoms with Crippen LogP contribution >= 0.6 is 0 Å². The Hall–Kier alpha value is -2.08. The Balaban J connectivity index is 2.00. The van der Waals surface area contributed by atoms with Gasteiger partial charge in [-0.2, -0.15) is 0 Å². The molecule has 2 unspecified atom stereocenters. The minimum absolute atomic E-state index is 0.0308. The first kappa shape index (κ1) is 12.9. The third-order valence-corrected chi connectivity index (χ3v) is 3.97. The molecule has 3 rings (SSSR count). The van der Waals surface area contributed by atoms with E-state index in [1.165, 1.54) is 4.57 Å². The summed E-state index contributed by atoms with van der Waals surface area (Å²) in [7, 11) is 1.66. The first-order chi connectivity index (χ1) is 9.47. The average Bonchev–Trinajstić information content (AvgIpc) is 2.89. The Morgan fingerprint density at radius 3 is 2.85 bits per heavy atom. The first-order valence-electron chi connectivity index (χ1n) is 6.65. The quantitative estimate of drug-likeness (QED) is 0.793. The summed E-state index contributed by atoms with van der Waals surface area (Å²) in [5, 5.41) is 9.64. The zero-order chi connectivity index (χ0) is 14.4. The number of nitrogens with one attached hydrogen (secondary N) is 1. The molecule has 1 aliphatic rings. The molecule has 0 aliphatic carbocycles. The summed E-state index contributed by atoms with van der Waals surface area (Å²) in [5.41, 5.74) is 1.75. The van der Waals surface area contributed by atoms with E-state index < -0.39 is 6.10 Å². The Morgan fingerprint density at radius 1 is 1.45 bits per heavy atom. The summed E-state index contributed by atoms with van der Waals surface area (Å²) in [6.07, 6.45) is 0.158. The number of amides is 1. The maximum absolute atomic E-state index is 12.5. The minimum Gasteiger partial charge on any atom is -0.391 e. The van der Waals surface area contributed by atoms with Gasteiger partial charge < -0.3 is 15.0 Å². The number of aromatic amines is 1. The van der Waals surface area contributed by atoms with Gasteiger partial charge in [0, 0.05) is 25.2 Å². The van der Waals surface area contributed by atoms with Crippen LogP contribution in [0.3, 0.4) is 0 Å². The van der Waals surface area contributed by atoms with Crippen molar-refractivity contribution in [1.29, 1.82) is 0 Å². The molecule has 0 radical (unpaired) electrons. The second kappa shape index (κ2) is 4.49. The number of fused-ring (bicyclic) bond motifs is 1. The molecular formula is C14H17N3O3. The van der Waals surface area contributed by atoms with Gasteiger partial charge in [0.25, 0.3) is 5.91 Å². The van der Waals surface area contributed by atoms with Crippen LogP contribution in [0.4, 0.5) is 0 Å². The highest BCUT2D eigenvalue weighted by atomic mass is 16.3. The molecule has 0 saturated carbocycles. The van der Waals surface area contributed by atoms with Gasteiger partial charge in [0.15, 0.2) is 0 Å². The number of aliphatic hydroxyl groups excluding tert-OH is 1. The summed E-state index contributed by atoms with van der Waals surface area (Å²) in [6.45, 7) is 2.29. The summed E-state index contributed by atoms with van der Waals surface area (Å²) >= 11 is 0. The molecule has 20 heavy (non-hydrogen) atoms. The van der Waals surface area contributed by atoms with Crippen LogP contribution in [-0.2, 0) is 7.05 Å². The molecule has 0 bridgehead atoms. The highest BCUT2D eigenvalue weighted by molar-refractivity contribution is 5.97. The van der Waals surface area contributed by atoms with E-state index >= 15 is 0 Å². The van der Waals surface area contributed by atoms with Crippen molar-refractivity contribution >= 4 is 16.9 Å². The number of hydrogen-bond donors (Lipinski definition) is 2. The number of aromatic nitrogens is 2. The summed E-state index contributed by atoms with van der Waals surface area (Å²) in [4.78, 5) is 28.4. The topological polar surface area (TPSA) is 78.3 Å². The van der Waals surface area contributed by atoms with Gasteiger partial charge in [0.1, 0.15) is 0 Å². The Kier molecular flexibility index (Phi) is 2.90. The van der Waals surface area contributed by atoms with Crippen molar-refractivity contribution in [2.75, 3.05) is 6.54 Å². The maximum Gasteiger partial charge on any atom is 0.326 e. The molecule has 2 heterocycles. The first-order valence-corrected chi connectivity index (χ1v) is 6.65. The highest BCUT2D eigenvalue weighted by Crippen LogP contribution is 2.21. The highest BCUT2D eigenvalue weighted by Gasteiger charge is 2.31. The number of carbonyl (C=O) groups is 1. The number of carbonyl (C=O) groups excluding carboxylic acids is 1. The van der Waals surface area contributed by atoms with Crippen LogP contribution in [0.25, 0.3) is 11.0 Å². The van der Waals surface area contributed by atoms with E-state index in [0.717, 1.165) is 0 Å². The van der Waals surface area contributed by atoms with Crippen molar-refractivity contribution in [3.8, 4) is 0 Å². The fourth-order valence-corrected chi connectivity index (χ4v) is 2.81. The molecule has 1 amide bonds. The number of aryl methyl sites for hydroxylation is 1. The standard InChI is InChI=1S/C14H17N3O3/c1-8-5-10(18)7-17(8)13(19)9-3-4-11-12(6-9)16(2)14(20)15-11/h3-4,6,8,10,18H,5,7H2,1-2H3,(H,15,20). The fourth-order valence-electron chi connectivity index (χ4n) is 2.81. The van der Waals surface area contributed by atoms with Crippen molar-refractivity contribution in [2.24, 2.45) is 7.05 Å². The largest absolute Gasteiger partial charge is 0.391 e. The third kappa shape index (κ3) is 1.92. The van der Waals surface area contributed by atoms with E-state index in [-0.39, 0.29) is 17.6 Å². The predicted molar refractivity (Wildman–Crippen MR) is 74.7 cm³/mol. The monoisotopic (exact) mass is 275 g/mol. The van der Waals surface area contributed by atoms with Crippen molar-refractivity contribution in [3.63, 3.8) is 0 Å². The Labute approximate surface area is 115 Å². The van der Waals surface area contributed by atoms with Crippen LogP contribution in [-0.4, -0.2) is 44.2 Å². The zero-order valence-corrected chi connectivity index (χ0v) is 11.5. The van der Waals surface area contributed by atoms with Gasteiger partial charge in [-0.15, -0.1) is 0 Å². The fraction of sp³-hybridized carbons (Fsp3) is 0.429. The molecule has 106 valence electrons. The van der Waals surface area contributed by atoms with Gasteiger partial charge in [-0.1, -0.05) is 0 Å². The number of imidazole rings is 1. The lowest BCUT2D eigenvalue weighted by atomic mass is 10.1. The van der Waals surface area contributed by atoms with Crippen LogP contribution in [0.5, 0.6) is 0 Å². The van der Waals surface area contributed by atoms with Crippen molar-refractivity contribution in [1.82, 2.24) is 14.5 Å². The SMILES string of the molecule is CC1CC(O)CN1C(=O)c1ccc2[nH]c(=O)n(C)c2c1. The zero-order valence-electron chi connectivity index (χ0n) is 11.5. The van der Waals surface area contributed by atoms with E-state index in [0.29, 0.717) is 29.6 Å². The summed E-state index contributed by atoms with van der Waals surface area (Å²) < 4.78 is 1.48. The van der Waals surface area contributed by atoms with Gasteiger partial charge in [0.05, 0.1) is 17.1 Å². The van der Waals surface area contributed by atoms with E-state index in [1.807, 2.05) is 6.92 Å². The molecule has 1 saturated heterocycles. The molecule has 2 N–H and O–H groups in total. The number of nitrogens with zero attached hydrogens (tertiary/aromatic N) is 2. The number of aliphatic hydroxyl groups is 1. The van der Waals surface area contributed by atoms with Crippen molar-refractivity contribution in [3.05, 3.63) is 34.2 Å². The molecule has 1 fully saturated rings. The number of β-amino-alcohol motifs (C(OH)–C–C–N with tert-alkyl or cyclic N) is 1. The summed E-state index contributed by atoms with van der Waals surface area (Å²) in [6, 6.07) is 5.19. The lowest BCUT2D eigenvalue weighted by Crippen LogP contribution is -2.34. The minimum atomic E-state index is -0.450. The Morgan fingerprint density at radius 2 is 2.20 bits per heavy atom. The molecule has 1 aliphatic heterocycles. The molecule has 6 nitrogen and oxygen atoms in total. The molecule has 1 aromatic carbocycles. The normalized spacial score (nSPS) is 22.6. The number of H-pyrrole nitrogens is 1. The number of rotatable bonds is 1. The van der Waals surface area contributed by atoms with Crippen molar-refractivity contribution in [2.45, 2.75) is 25.5 Å².